The summed E-state index contributed by atoms with van der Waals surface area (Å²) in [7, 11) is 0. The van der Waals surface area contributed by atoms with Gasteiger partial charge >= 0.3 is 0 Å². The number of hydrogen-bond donors (Lipinski definition) is 1. The SMILES string of the molecule is NCc1cn(COCc2ccccc2)c2ccccc12. The van der Waals surface area contributed by atoms with Gasteiger partial charge in [0.2, 0.25) is 0 Å². The fourth-order valence-electron chi connectivity index (χ4n) is 2.43. The van der Waals surface area contributed by atoms with Crippen molar-refractivity contribution in [2.75, 3.05) is 0 Å². The molecular weight excluding hydrogens is 248 g/mol. The van der Waals surface area contributed by atoms with E-state index in [-0.39, 0.29) is 0 Å². The summed E-state index contributed by atoms with van der Waals surface area (Å²) in [5, 5.41) is 1.21. The number of para-hydroxylation sites is 1. The molecule has 0 spiro atoms. The summed E-state index contributed by atoms with van der Waals surface area (Å²) in [6.07, 6.45) is 2.08. The predicted octanol–water partition coefficient (Wildman–Crippen LogP) is 3.27. The summed E-state index contributed by atoms with van der Waals surface area (Å²) in [4.78, 5) is 0. The highest BCUT2D eigenvalue weighted by Crippen LogP contribution is 2.21. The highest BCUT2D eigenvalue weighted by atomic mass is 16.5. The predicted molar refractivity (Wildman–Crippen MR) is 81.1 cm³/mol. The van der Waals surface area contributed by atoms with Crippen LogP contribution in [-0.4, -0.2) is 4.57 Å². The molecule has 0 saturated heterocycles. The molecule has 0 fully saturated rings. The van der Waals surface area contributed by atoms with Gasteiger partial charge in [-0.15, -0.1) is 0 Å². The molecule has 3 rings (SSSR count). The quantitative estimate of drug-likeness (QED) is 0.770. The van der Waals surface area contributed by atoms with Crippen LogP contribution in [0.3, 0.4) is 0 Å². The molecule has 1 aromatic heterocycles. The summed E-state index contributed by atoms with van der Waals surface area (Å²) in [6.45, 7) is 1.70. The highest BCUT2D eigenvalue weighted by Gasteiger charge is 2.06. The maximum atomic E-state index is 5.79. The van der Waals surface area contributed by atoms with Gasteiger partial charge in [0, 0.05) is 18.1 Å². The Morgan fingerprint density at radius 1 is 0.950 bits per heavy atom. The molecule has 3 aromatic rings. The Labute approximate surface area is 118 Å². The summed E-state index contributed by atoms with van der Waals surface area (Å²) in [6, 6.07) is 18.5. The van der Waals surface area contributed by atoms with Crippen LogP contribution in [0.5, 0.6) is 0 Å². The number of rotatable bonds is 5. The fourth-order valence-corrected chi connectivity index (χ4v) is 2.43. The second-order valence-corrected chi connectivity index (χ2v) is 4.81. The highest BCUT2D eigenvalue weighted by molar-refractivity contribution is 5.83. The topological polar surface area (TPSA) is 40.2 Å². The summed E-state index contributed by atoms with van der Waals surface area (Å²) in [5.74, 6) is 0. The van der Waals surface area contributed by atoms with E-state index in [0.717, 1.165) is 5.56 Å². The zero-order valence-corrected chi connectivity index (χ0v) is 11.3. The van der Waals surface area contributed by atoms with Crippen LogP contribution in [0.25, 0.3) is 10.9 Å². The van der Waals surface area contributed by atoms with E-state index >= 15 is 0 Å². The molecule has 0 aliphatic rings. The first-order chi connectivity index (χ1) is 9.88. The second-order valence-electron chi connectivity index (χ2n) is 4.81. The smallest absolute Gasteiger partial charge is 0.123 e. The van der Waals surface area contributed by atoms with E-state index in [4.69, 9.17) is 10.5 Å². The zero-order chi connectivity index (χ0) is 13.8. The van der Waals surface area contributed by atoms with Gasteiger partial charge in [-0.25, -0.2) is 0 Å². The molecule has 20 heavy (non-hydrogen) atoms. The van der Waals surface area contributed by atoms with Crippen LogP contribution in [0.2, 0.25) is 0 Å². The van der Waals surface area contributed by atoms with Crippen molar-refractivity contribution in [3.63, 3.8) is 0 Å². The van der Waals surface area contributed by atoms with Crippen LogP contribution in [0.4, 0.5) is 0 Å². The van der Waals surface area contributed by atoms with Crippen LogP contribution < -0.4 is 5.73 Å². The lowest BCUT2D eigenvalue weighted by Gasteiger charge is -2.07. The first-order valence-electron chi connectivity index (χ1n) is 6.77. The molecule has 0 amide bonds. The van der Waals surface area contributed by atoms with Crippen molar-refractivity contribution in [2.45, 2.75) is 19.9 Å². The molecular formula is C17H18N2O. The Hall–Kier alpha value is -2.10. The average molecular weight is 266 g/mol. The maximum absolute atomic E-state index is 5.79. The third-order valence-electron chi connectivity index (χ3n) is 3.43. The molecule has 0 saturated carbocycles. The van der Waals surface area contributed by atoms with E-state index < -0.39 is 0 Å². The standard InChI is InChI=1S/C17H18N2O/c18-10-15-11-19(17-9-5-4-8-16(15)17)13-20-12-14-6-2-1-3-7-14/h1-9,11H,10,12-13,18H2. The second kappa shape index (κ2) is 5.90. The van der Waals surface area contributed by atoms with Crippen molar-refractivity contribution in [3.05, 3.63) is 71.9 Å². The number of nitrogens with two attached hydrogens (primary N) is 1. The lowest BCUT2D eigenvalue weighted by molar-refractivity contribution is 0.0667. The minimum Gasteiger partial charge on any atom is -0.356 e. The van der Waals surface area contributed by atoms with Gasteiger partial charge in [0.1, 0.15) is 6.73 Å². The van der Waals surface area contributed by atoms with Crippen molar-refractivity contribution in [2.24, 2.45) is 5.73 Å². The van der Waals surface area contributed by atoms with Gasteiger partial charge in [0.25, 0.3) is 0 Å². The molecule has 0 unspecified atom stereocenters. The van der Waals surface area contributed by atoms with Crippen LogP contribution >= 0.6 is 0 Å². The summed E-state index contributed by atoms with van der Waals surface area (Å²) < 4.78 is 7.91. The average Bonchev–Trinajstić information content (AvgIpc) is 2.87. The van der Waals surface area contributed by atoms with E-state index in [1.165, 1.54) is 16.5 Å². The van der Waals surface area contributed by atoms with Crippen molar-refractivity contribution < 1.29 is 4.74 Å². The molecule has 0 aliphatic heterocycles. The van der Waals surface area contributed by atoms with E-state index in [0.29, 0.717) is 19.9 Å². The minimum absolute atomic E-state index is 0.537. The van der Waals surface area contributed by atoms with Gasteiger partial charge in [-0.2, -0.15) is 0 Å². The van der Waals surface area contributed by atoms with Gasteiger partial charge in [0.15, 0.2) is 0 Å². The largest absolute Gasteiger partial charge is 0.356 e. The monoisotopic (exact) mass is 266 g/mol. The first-order valence-corrected chi connectivity index (χ1v) is 6.77. The molecule has 2 N–H and O–H groups in total. The lowest BCUT2D eigenvalue weighted by Crippen LogP contribution is -2.01. The maximum Gasteiger partial charge on any atom is 0.123 e. The number of aromatic nitrogens is 1. The van der Waals surface area contributed by atoms with E-state index in [9.17, 15) is 0 Å². The molecule has 102 valence electrons. The first kappa shape index (κ1) is 12.9. The molecule has 2 aromatic carbocycles. The molecule has 0 atom stereocenters. The molecule has 0 radical (unpaired) electrons. The minimum atomic E-state index is 0.537. The van der Waals surface area contributed by atoms with E-state index in [1.807, 2.05) is 30.3 Å². The van der Waals surface area contributed by atoms with Crippen molar-refractivity contribution >= 4 is 10.9 Å². The summed E-state index contributed by atoms with van der Waals surface area (Å²) in [5.41, 5.74) is 9.30. The van der Waals surface area contributed by atoms with Gasteiger partial charge in [0.05, 0.1) is 12.1 Å². The van der Waals surface area contributed by atoms with Crippen LogP contribution in [0.15, 0.2) is 60.8 Å². The summed E-state index contributed by atoms with van der Waals surface area (Å²) >= 11 is 0. The normalized spacial score (nSPS) is 11.1. The van der Waals surface area contributed by atoms with Gasteiger partial charge in [-0.05, 0) is 17.2 Å². The van der Waals surface area contributed by atoms with E-state index in [1.54, 1.807) is 0 Å². The molecule has 3 nitrogen and oxygen atoms in total. The molecule has 0 bridgehead atoms. The van der Waals surface area contributed by atoms with Crippen LogP contribution in [-0.2, 0) is 24.6 Å². The third kappa shape index (κ3) is 2.59. The Balaban J connectivity index is 1.74. The molecule has 0 aliphatic carbocycles. The van der Waals surface area contributed by atoms with Crippen molar-refractivity contribution in [3.8, 4) is 0 Å². The van der Waals surface area contributed by atoms with Crippen molar-refractivity contribution in [1.29, 1.82) is 0 Å². The van der Waals surface area contributed by atoms with Gasteiger partial charge < -0.3 is 15.0 Å². The van der Waals surface area contributed by atoms with Crippen LogP contribution in [0, 0.1) is 0 Å². The molecule has 3 heteroatoms. The van der Waals surface area contributed by atoms with Crippen molar-refractivity contribution in [1.82, 2.24) is 4.57 Å². The van der Waals surface area contributed by atoms with Gasteiger partial charge in [-0.1, -0.05) is 48.5 Å². The number of fused-ring (bicyclic) bond motifs is 1. The van der Waals surface area contributed by atoms with E-state index in [2.05, 4.69) is 35.0 Å². The third-order valence-corrected chi connectivity index (χ3v) is 3.43. The number of benzene rings is 2. The number of ether oxygens (including phenoxy) is 1. The Morgan fingerprint density at radius 2 is 1.70 bits per heavy atom. The Bertz CT molecular complexity index is 689. The van der Waals surface area contributed by atoms with Crippen LogP contribution in [0.1, 0.15) is 11.1 Å². The lowest BCUT2D eigenvalue weighted by atomic mass is 10.2. The fraction of sp³-hybridized carbons (Fsp3) is 0.176. The molecule has 1 heterocycles. The Morgan fingerprint density at radius 3 is 2.50 bits per heavy atom. The number of nitrogens with zero attached hydrogens (tertiary/aromatic N) is 1. The number of hydrogen-bond acceptors (Lipinski definition) is 2. The zero-order valence-electron chi connectivity index (χ0n) is 11.3. The van der Waals surface area contributed by atoms with Gasteiger partial charge in [-0.3, -0.25) is 0 Å². The Kier molecular flexibility index (Phi) is 3.81.